The summed E-state index contributed by atoms with van der Waals surface area (Å²) >= 11 is 9.12. The SMILES string of the molecule is Nc1ncc(Br)c(Nc2ccc(Cl)cc2)n1. The van der Waals surface area contributed by atoms with Gasteiger partial charge in [-0.1, -0.05) is 11.6 Å². The Bertz CT molecular complexity index is 501. The van der Waals surface area contributed by atoms with Crippen molar-refractivity contribution in [3.8, 4) is 0 Å². The molecule has 82 valence electrons. The number of nitrogens with one attached hydrogen (secondary N) is 1. The summed E-state index contributed by atoms with van der Waals surface area (Å²) in [5.74, 6) is 0.842. The van der Waals surface area contributed by atoms with Crippen molar-refractivity contribution in [3.05, 3.63) is 40.0 Å². The van der Waals surface area contributed by atoms with Crippen LogP contribution < -0.4 is 11.1 Å². The van der Waals surface area contributed by atoms with Gasteiger partial charge in [0.05, 0.1) is 4.47 Å². The van der Waals surface area contributed by atoms with Crippen LogP contribution in [0.5, 0.6) is 0 Å². The highest BCUT2D eigenvalue weighted by molar-refractivity contribution is 9.10. The van der Waals surface area contributed by atoms with E-state index in [1.54, 1.807) is 18.3 Å². The maximum atomic E-state index is 5.79. The van der Waals surface area contributed by atoms with Gasteiger partial charge in [-0.3, -0.25) is 0 Å². The Morgan fingerprint density at radius 2 is 1.94 bits per heavy atom. The van der Waals surface area contributed by atoms with Gasteiger partial charge in [0.15, 0.2) is 0 Å². The maximum absolute atomic E-state index is 5.79. The number of anilines is 3. The van der Waals surface area contributed by atoms with Crippen LogP contribution in [0.25, 0.3) is 0 Å². The fourth-order valence-electron chi connectivity index (χ4n) is 1.14. The molecule has 1 heterocycles. The average molecular weight is 300 g/mol. The first kappa shape index (κ1) is 11.2. The number of rotatable bonds is 2. The number of nitrogen functional groups attached to an aromatic ring is 1. The summed E-state index contributed by atoms with van der Waals surface area (Å²) in [5, 5.41) is 3.79. The molecule has 1 aromatic heterocycles. The number of nitrogens with zero attached hydrogens (tertiary/aromatic N) is 2. The summed E-state index contributed by atoms with van der Waals surface area (Å²) in [6, 6.07) is 7.30. The van der Waals surface area contributed by atoms with Gasteiger partial charge in [-0.2, -0.15) is 4.98 Å². The van der Waals surface area contributed by atoms with Crippen molar-refractivity contribution in [2.75, 3.05) is 11.1 Å². The van der Waals surface area contributed by atoms with Gasteiger partial charge in [-0.05, 0) is 40.2 Å². The van der Waals surface area contributed by atoms with Gasteiger partial charge in [0, 0.05) is 16.9 Å². The number of benzene rings is 1. The third-order valence-corrected chi connectivity index (χ3v) is 2.70. The maximum Gasteiger partial charge on any atom is 0.222 e. The topological polar surface area (TPSA) is 63.8 Å². The molecule has 0 bridgehead atoms. The van der Waals surface area contributed by atoms with Crippen molar-refractivity contribution >= 4 is 45.0 Å². The first-order valence-corrected chi connectivity index (χ1v) is 5.63. The summed E-state index contributed by atoms with van der Waals surface area (Å²) in [4.78, 5) is 7.92. The predicted octanol–water partition coefficient (Wildman–Crippen LogP) is 3.22. The molecule has 0 fully saturated rings. The highest BCUT2D eigenvalue weighted by atomic mass is 79.9. The second-order valence-electron chi connectivity index (χ2n) is 3.06. The van der Waals surface area contributed by atoms with E-state index in [1.165, 1.54) is 0 Å². The van der Waals surface area contributed by atoms with E-state index in [0.717, 1.165) is 10.2 Å². The Hall–Kier alpha value is -1.33. The third-order valence-electron chi connectivity index (χ3n) is 1.87. The molecule has 0 saturated heterocycles. The van der Waals surface area contributed by atoms with Crippen LogP contribution in [-0.4, -0.2) is 9.97 Å². The lowest BCUT2D eigenvalue weighted by molar-refractivity contribution is 1.17. The zero-order valence-electron chi connectivity index (χ0n) is 8.11. The Morgan fingerprint density at radius 1 is 1.25 bits per heavy atom. The lowest BCUT2D eigenvalue weighted by Crippen LogP contribution is -2.00. The Kier molecular flexibility index (Phi) is 3.26. The van der Waals surface area contributed by atoms with Crippen LogP contribution in [0.2, 0.25) is 5.02 Å². The summed E-state index contributed by atoms with van der Waals surface area (Å²) in [5.41, 5.74) is 6.38. The van der Waals surface area contributed by atoms with Crippen molar-refractivity contribution in [2.45, 2.75) is 0 Å². The average Bonchev–Trinajstić information content (AvgIpc) is 2.27. The van der Waals surface area contributed by atoms with E-state index < -0.39 is 0 Å². The highest BCUT2D eigenvalue weighted by Crippen LogP contribution is 2.24. The van der Waals surface area contributed by atoms with Gasteiger partial charge >= 0.3 is 0 Å². The van der Waals surface area contributed by atoms with E-state index in [2.05, 4.69) is 31.2 Å². The second kappa shape index (κ2) is 4.67. The molecule has 3 N–H and O–H groups in total. The minimum Gasteiger partial charge on any atom is -0.368 e. The molecule has 0 aliphatic heterocycles. The monoisotopic (exact) mass is 298 g/mol. The fourth-order valence-corrected chi connectivity index (χ4v) is 1.55. The molecule has 2 aromatic rings. The minimum absolute atomic E-state index is 0.222. The summed E-state index contributed by atoms with van der Waals surface area (Å²) in [6.07, 6.45) is 1.60. The lowest BCUT2D eigenvalue weighted by Gasteiger charge is -2.07. The molecule has 4 nitrogen and oxygen atoms in total. The highest BCUT2D eigenvalue weighted by Gasteiger charge is 2.03. The van der Waals surface area contributed by atoms with E-state index in [0.29, 0.717) is 10.8 Å². The molecule has 0 saturated carbocycles. The number of aromatic nitrogens is 2. The second-order valence-corrected chi connectivity index (χ2v) is 4.35. The van der Waals surface area contributed by atoms with Crippen molar-refractivity contribution in [2.24, 2.45) is 0 Å². The number of nitrogens with two attached hydrogens (primary N) is 1. The van der Waals surface area contributed by atoms with Crippen LogP contribution >= 0.6 is 27.5 Å². The Balaban J connectivity index is 2.26. The van der Waals surface area contributed by atoms with Crippen molar-refractivity contribution in [3.63, 3.8) is 0 Å². The fraction of sp³-hybridized carbons (Fsp3) is 0. The summed E-state index contributed by atoms with van der Waals surface area (Å²) in [6.45, 7) is 0. The molecular formula is C10H8BrClN4. The molecule has 0 aliphatic rings. The van der Waals surface area contributed by atoms with Gasteiger partial charge < -0.3 is 11.1 Å². The zero-order chi connectivity index (χ0) is 11.5. The van der Waals surface area contributed by atoms with Crippen LogP contribution in [-0.2, 0) is 0 Å². The largest absolute Gasteiger partial charge is 0.368 e. The Labute approximate surface area is 106 Å². The molecule has 0 aliphatic carbocycles. The van der Waals surface area contributed by atoms with Crippen molar-refractivity contribution in [1.29, 1.82) is 0 Å². The summed E-state index contributed by atoms with van der Waals surface area (Å²) < 4.78 is 0.747. The van der Waals surface area contributed by atoms with Gasteiger partial charge in [-0.25, -0.2) is 4.98 Å². The molecule has 0 atom stereocenters. The van der Waals surface area contributed by atoms with E-state index in [9.17, 15) is 0 Å². The molecule has 0 amide bonds. The molecule has 2 rings (SSSR count). The molecule has 6 heteroatoms. The van der Waals surface area contributed by atoms with Gasteiger partial charge in [0.2, 0.25) is 5.95 Å². The minimum atomic E-state index is 0.222. The molecule has 0 spiro atoms. The van der Waals surface area contributed by atoms with Crippen molar-refractivity contribution in [1.82, 2.24) is 9.97 Å². The molecule has 16 heavy (non-hydrogen) atoms. The van der Waals surface area contributed by atoms with E-state index in [4.69, 9.17) is 17.3 Å². The van der Waals surface area contributed by atoms with Gasteiger partial charge in [0.1, 0.15) is 5.82 Å². The zero-order valence-corrected chi connectivity index (χ0v) is 10.5. The predicted molar refractivity (Wildman–Crippen MR) is 68.9 cm³/mol. The van der Waals surface area contributed by atoms with Crippen molar-refractivity contribution < 1.29 is 0 Å². The van der Waals surface area contributed by atoms with Crippen LogP contribution in [0, 0.1) is 0 Å². The first-order valence-electron chi connectivity index (χ1n) is 4.46. The third kappa shape index (κ3) is 2.62. The normalized spacial score (nSPS) is 10.1. The molecular weight excluding hydrogens is 291 g/mol. The van der Waals surface area contributed by atoms with E-state index in [1.807, 2.05) is 12.1 Å². The first-order chi connectivity index (χ1) is 7.65. The summed E-state index contributed by atoms with van der Waals surface area (Å²) in [7, 11) is 0. The Morgan fingerprint density at radius 3 is 2.62 bits per heavy atom. The smallest absolute Gasteiger partial charge is 0.222 e. The molecule has 1 aromatic carbocycles. The van der Waals surface area contributed by atoms with Crippen LogP contribution in [0.1, 0.15) is 0 Å². The van der Waals surface area contributed by atoms with E-state index >= 15 is 0 Å². The quantitative estimate of drug-likeness (QED) is 0.893. The van der Waals surface area contributed by atoms with Crippen LogP contribution in [0.3, 0.4) is 0 Å². The standard InChI is InChI=1S/C10H8BrClN4/c11-8-5-14-10(13)16-9(8)15-7-3-1-6(12)2-4-7/h1-5H,(H3,13,14,15,16). The number of hydrogen-bond acceptors (Lipinski definition) is 4. The van der Waals surface area contributed by atoms with Crippen LogP contribution in [0.4, 0.5) is 17.5 Å². The number of hydrogen-bond donors (Lipinski definition) is 2. The lowest BCUT2D eigenvalue weighted by atomic mass is 10.3. The number of halogens is 2. The van der Waals surface area contributed by atoms with E-state index in [-0.39, 0.29) is 5.95 Å². The van der Waals surface area contributed by atoms with Gasteiger partial charge in [0.25, 0.3) is 0 Å². The molecule has 0 unspecified atom stereocenters. The molecule has 0 radical (unpaired) electrons. The van der Waals surface area contributed by atoms with Crippen LogP contribution in [0.15, 0.2) is 34.9 Å². The van der Waals surface area contributed by atoms with Gasteiger partial charge in [-0.15, -0.1) is 0 Å².